The van der Waals surface area contributed by atoms with Gasteiger partial charge in [-0.3, -0.25) is 10.2 Å². The third-order valence-electron chi connectivity index (χ3n) is 5.25. The number of hydrogen-bond donors (Lipinski definition) is 4. The van der Waals surface area contributed by atoms with E-state index >= 15 is 0 Å². The van der Waals surface area contributed by atoms with E-state index in [1.807, 2.05) is 84.9 Å². The number of carbonyl (C=O) groups excluding carboxylic acids is 1. The van der Waals surface area contributed by atoms with E-state index < -0.39 is 6.04 Å². The van der Waals surface area contributed by atoms with Crippen molar-refractivity contribution < 1.29 is 9.53 Å². The second-order valence-electron chi connectivity index (χ2n) is 7.76. The second kappa shape index (κ2) is 12.3. The van der Waals surface area contributed by atoms with Gasteiger partial charge in [0.2, 0.25) is 5.91 Å². The van der Waals surface area contributed by atoms with Crippen molar-refractivity contribution in [2.45, 2.75) is 12.6 Å². The summed E-state index contributed by atoms with van der Waals surface area (Å²) in [5.74, 6) is 1.18. The van der Waals surface area contributed by atoms with Gasteiger partial charge in [0.15, 0.2) is 0 Å². The molecule has 178 valence electrons. The fourth-order valence-corrected chi connectivity index (χ4v) is 3.48. The van der Waals surface area contributed by atoms with Crippen molar-refractivity contribution in [2.75, 3.05) is 5.32 Å². The zero-order valence-corrected chi connectivity index (χ0v) is 19.8. The first-order chi connectivity index (χ1) is 16.6. The van der Waals surface area contributed by atoms with Crippen LogP contribution in [-0.2, 0) is 11.3 Å². The molecule has 0 fully saturated rings. The van der Waals surface area contributed by atoms with Crippen molar-refractivity contribution in [3.8, 4) is 11.5 Å². The number of anilines is 1. The molecule has 0 bridgehead atoms. The molecule has 4 aromatic carbocycles. The van der Waals surface area contributed by atoms with Crippen LogP contribution in [0.15, 0.2) is 109 Å². The average Bonchev–Trinajstić information content (AvgIpc) is 2.87. The van der Waals surface area contributed by atoms with Crippen molar-refractivity contribution in [3.05, 3.63) is 126 Å². The number of halogens is 1. The Hall–Kier alpha value is -4.29. The molecular formula is C28H27ClN4O2. The third kappa shape index (κ3) is 7.09. The first-order valence-electron chi connectivity index (χ1n) is 10.9. The number of carbonyl (C=O) groups is 1. The molecule has 0 aliphatic heterocycles. The minimum absolute atomic E-state index is 0. The molecule has 1 atom stereocenters. The highest BCUT2D eigenvalue weighted by Gasteiger charge is 2.21. The van der Waals surface area contributed by atoms with E-state index in [9.17, 15) is 4.79 Å². The Morgan fingerprint density at radius 1 is 0.829 bits per heavy atom. The van der Waals surface area contributed by atoms with Crippen LogP contribution in [0, 0.1) is 5.41 Å². The van der Waals surface area contributed by atoms with Crippen LogP contribution in [0.3, 0.4) is 0 Å². The topological polar surface area (TPSA) is 100 Å². The van der Waals surface area contributed by atoms with E-state index in [2.05, 4.69) is 10.6 Å². The molecule has 0 aromatic heterocycles. The fraction of sp³-hybridized carbons (Fsp3) is 0.0714. The molecule has 0 saturated carbocycles. The highest BCUT2D eigenvalue weighted by molar-refractivity contribution is 5.95. The molecule has 4 aromatic rings. The van der Waals surface area contributed by atoms with Crippen LogP contribution >= 0.6 is 12.4 Å². The largest absolute Gasteiger partial charge is 0.457 e. The summed E-state index contributed by atoms with van der Waals surface area (Å²) in [5, 5.41) is 13.9. The molecular weight excluding hydrogens is 460 g/mol. The molecule has 0 aliphatic carbocycles. The number of amides is 1. The standard InChI is InChI=1S/C28H26N4O2.ClH/c29-27(30)21-14-16-23(17-15-21)32-26(28(33)31-19-20-8-3-1-4-9-20)22-10-7-13-25(18-22)34-24-11-5-2-6-12-24;/h1-18,26,32H,19H2,(H3,29,30)(H,31,33);1H. The molecule has 7 heteroatoms. The summed E-state index contributed by atoms with van der Waals surface area (Å²) in [7, 11) is 0. The Labute approximate surface area is 211 Å². The van der Waals surface area contributed by atoms with Crippen molar-refractivity contribution in [2.24, 2.45) is 5.73 Å². The van der Waals surface area contributed by atoms with Crippen LogP contribution in [-0.4, -0.2) is 11.7 Å². The first kappa shape index (κ1) is 25.3. The molecule has 0 radical (unpaired) electrons. The SMILES string of the molecule is Cl.N=C(N)c1ccc(NC(C(=O)NCc2ccccc2)c2cccc(Oc3ccccc3)c2)cc1. The lowest BCUT2D eigenvalue weighted by molar-refractivity contribution is -0.122. The van der Waals surface area contributed by atoms with Crippen LogP contribution in [0.5, 0.6) is 11.5 Å². The number of nitrogen functional groups attached to an aromatic ring is 1. The number of rotatable bonds is 9. The summed E-state index contributed by atoms with van der Waals surface area (Å²) in [6.45, 7) is 0.418. The predicted octanol–water partition coefficient (Wildman–Crippen LogP) is 5.65. The Morgan fingerprint density at radius 2 is 1.46 bits per heavy atom. The molecule has 4 rings (SSSR count). The normalized spacial score (nSPS) is 11.0. The van der Waals surface area contributed by atoms with Gasteiger partial charge in [-0.1, -0.05) is 60.7 Å². The van der Waals surface area contributed by atoms with Gasteiger partial charge >= 0.3 is 0 Å². The van der Waals surface area contributed by atoms with E-state index in [1.54, 1.807) is 24.3 Å². The summed E-state index contributed by atoms with van der Waals surface area (Å²) in [4.78, 5) is 13.3. The van der Waals surface area contributed by atoms with Gasteiger partial charge < -0.3 is 21.1 Å². The van der Waals surface area contributed by atoms with Crippen LogP contribution in [0.25, 0.3) is 0 Å². The minimum atomic E-state index is -0.661. The summed E-state index contributed by atoms with van der Waals surface area (Å²) in [5.41, 5.74) is 8.69. The van der Waals surface area contributed by atoms with Crippen LogP contribution in [0.4, 0.5) is 5.69 Å². The lowest BCUT2D eigenvalue weighted by atomic mass is 10.0. The van der Waals surface area contributed by atoms with E-state index in [1.165, 1.54) is 0 Å². The van der Waals surface area contributed by atoms with Crippen molar-refractivity contribution in [3.63, 3.8) is 0 Å². The maximum atomic E-state index is 13.3. The lowest BCUT2D eigenvalue weighted by Gasteiger charge is -2.21. The smallest absolute Gasteiger partial charge is 0.247 e. The van der Waals surface area contributed by atoms with Crippen LogP contribution in [0.1, 0.15) is 22.7 Å². The van der Waals surface area contributed by atoms with Gasteiger partial charge in [-0.25, -0.2) is 0 Å². The highest BCUT2D eigenvalue weighted by Crippen LogP contribution is 2.27. The summed E-state index contributed by atoms with van der Waals surface area (Å²) < 4.78 is 5.97. The third-order valence-corrected chi connectivity index (χ3v) is 5.25. The minimum Gasteiger partial charge on any atom is -0.457 e. The van der Waals surface area contributed by atoms with Gasteiger partial charge in [0.25, 0.3) is 0 Å². The zero-order valence-electron chi connectivity index (χ0n) is 19.0. The molecule has 35 heavy (non-hydrogen) atoms. The number of amidine groups is 1. The maximum Gasteiger partial charge on any atom is 0.247 e. The number of ether oxygens (including phenoxy) is 1. The van der Waals surface area contributed by atoms with E-state index in [-0.39, 0.29) is 24.1 Å². The summed E-state index contributed by atoms with van der Waals surface area (Å²) in [6, 6.07) is 33.2. The van der Waals surface area contributed by atoms with E-state index in [4.69, 9.17) is 15.9 Å². The Balaban J connectivity index is 0.00000342. The van der Waals surface area contributed by atoms with Crippen molar-refractivity contribution in [1.82, 2.24) is 5.32 Å². The molecule has 6 nitrogen and oxygen atoms in total. The Morgan fingerprint density at radius 3 is 2.11 bits per heavy atom. The molecule has 0 spiro atoms. The number of benzene rings is 4. The average molecular weight is 487 g/mol. The van der Waals surface area contributed by atoms with Crippen LogP contribution in [0.2, 0.25) is 0 Å². The number of nitrogens with two attached hydrogens (primary N) is 1. The predicted molar refractivity (Wildman–Crippen MR) is 142 cm³/mol. The Kier molecular flexibility index (Phi) is 8.87. The van der Waals surface area contributed by atoms with E-state index in [0.717, 1.165) is 22.6 Å². The van der Waals surface area contributed by atoms with Gasteiger partial charge in [-0.15, -0.1) is 12.4 Å². The highest BCUT2D eigenvalue weighted by atomic mass is 35.5. The van der Waals surface area contributed by atoms with Crippen LogP contribution < -0.4 is 21.1 Å². The lowest BCUT2D eigenvalue weighted by Crippen LogP contribution is -2.33. The van der Waals surface area contributed by atoms with Gasteiger partial charge in [0, 0.05) is 17.8 Å². The second-order valence-corrected chi connectivity index (χ2v) is 7.76. The molecule has 1 amide bonds. The molecule has 1 unspecified atom stereocenters. The zero-order chi connectivity index (χ0) is 23.8. The van der Waals surface area contributed by atoms with Gasteiger partial charge in [0.05, 0.1) is 0 Å². The number of hydrogen-bond acceptors (Lipinski definition) is 4. The molecule has 0 aliphatic rings. The summed E-state index contributed by atoms with van der Waals surface area (Å²) in [6.07, 6.45) is 0. The fourth-order valence-electron chi connectivity index (χ4n) is 3.48. The van der Waals surface area contributed by atoms with E-state index in [0.29, 0.717) is 17.9 Å². The molecule has 5 N–H and O–H groups in total. The number of nitrogens with one attached hydrogen (secondary N) is 3. The maximum absolute atomic E-state index is 13.3. The van der Waals surface area contributed by atoms with Gasteiger partial charge in [0.1, 0.15) is 23.4 Å². The van der Waals surface area contributed by atoms with Crippen molar-refractivity contribution in [1.29, 1.82) is 5.41 Å². The first-order valence-corrected chi connectivity index (χ1v) is 10.9. The molecule has 0 heterocycles. The van der Waals surface area contributed by atoms with Crippen molar-refractivity contribution >= 4 is 29.8 Å². The quantitative estimate of drug-likeness (QED) is 0.181. The van der Waals surface area contributed by atoms with Gasteiger partial charge in [-0.05, 0) is 59.7 Å². The summed E-state index contributed by atoms with van der Waals surface area (Å²) >= 11 is 0. The Bertz CT molecular complexity index is 1250. The number of para-hydroxylation sites is 1. The van der Waals surface area contributed by atoms with Gasteiger partial charge in [-0.2, -0.15) is 0 Å². The monoisotopic (exact) mass is 486 g/mol. The molecule has 0 saturated heterocycles.